The molecule has 14 heavy (non-hydrogen) atoms. The minimum atomic E-state index is -3.12. The zero-order valence-corrected chi connectivity index (χ0v) is 8.12. The maximum atomic E-state index is 13.3. The van der Waals surface area contributed by atoms with Gasteiger partial charge in [0.25, 0.3) is 0 Å². The fourth-order valence-electron chi connectivity index (χ4n) is 1.10. The van der Waals surface area contributed by atoms with E-state index in [1.165, 1.54) is 0 Å². The summed E-state index contributed by atoms with van der Waals surface area (Å²) in [6, 6.07) is 0. The Balaban J connectivity index is 4.12. The second-order valence-corrected chi connectivity index (χ2v) is 3.22. The van der Waals surface area contributed by atoms with Gasteiger partial charge in [0.2, 0.25) is 0 Å². The Morgan fingerprint density at radius 2 is 1.64 bits per heavy atom. The van der Waals surface area contributed by atoms with Crippen LogP contribution in [0.1, 0.15) is 39.0 Å². The van der Waals surface area contributed by atoms with Crippen molar-refractivity contribution in [2.24, 2.45) is 0 Å². The number of carbonyl (C=O) groups is 2. The van der Waals surface area contributed by atoms with Gasteiger partial charge in [0, 0.05) is 6.42 Å². The van der Waals surface area contributed by atoms with Crippen LogP contribution >= 0.6 is 0 Å². The summed E-state index contributed by atoms with van der Waals surface area (Å²) in [4.78, 5) is 20.7. The Kier molecular flexibility index (Phi) is 5.12. The van der Waals surface area contributed by atoms with Crippen LogP contribution in [0.15, 0.2) is 0 Å². The third-order valence-electron chi connectivity index (χ3n) is 2.05. The molecular formula is C9H15FO4. The number of rotatable bonds is 7. The van der Waals surface area contributed by atoms with Crippen LogP contribution in [0, 0.1) is 0 Å². The predicted molar refractivity (Wildman–Crippen MR) is 47.9 cm³/mol. The van der Waals surface area contributed by atoms with Crippen LogP contribution in [0.5, 0.6) is 0 Å². The Morgan fingerprint density at radius 1 is 1.14 bits per heavy atom. The molecule has 0 rings (SSSR count). The zero-order valence-electron chi connectivity index (χ0n) is 8.12. The van der Waals surface area contributed by atoms with E-state index >= 15 is 0 Å². The van der Waals surface area contributed by atoms with Gasteiger partial charge in [-0.15, -0.1) is 0 Å². The van der Waals surface area contributed by atoms with Gasteiger partial charge in [0.15, 0.2) is 0 Å². The predicted octanol–water partition coefficient (Wildman–Crippen LogP) is 1.83. The first kappa shape index (κ1) is 12.9. The summed E-state index contributed by atoms with van der Waals surface area (Å²) in [5.41, 5.74) is -3.12. The smallest absolute Gasteiger partial charge is 0.353 e. The quantitative estimate of drug-likeness (QED) is 0.492. The third-order valence-corrected chi connectivity index (χ3v) is 2.05. The highest BCUT2D eigenvalue weighted by molar-refractivity contribution is 6.01. The molecule has 4 nitrogen and oxygen atoms in total. The van der Waals surface area contributed by atoms with Crippen molar-refractivity contribution < 1.29 is 24.2 Å². The van der Waals surface area contributed by atoms with Crippen LogP contribution in [-0.4, -0.2) is 27.8 Å². The number of hydrogen-bond acceptors (Lipinski definition) is 2. The van der Waals surface area contributed by atoms with Crippen LogP contribution in [-0.2, 0) is 9.59 Å². The van der Waals surface area contributed by atoms with Crippen molar-refractivity contribution in [2.75, 3.05) is 0 Å². The van der Waals surface area contributed by atoms with E-state index in [1.54, 1.807) is 0 Å². The van der Waals surface area contributed by atoms with Crippen molar-refractivity contribution in [2.45, 2.75) is 44.7 Å². The second-order valence-electron chi connectivity index (χ2n) is 3.22. The monoisotopic (exact) mass is 206 g/mol. The van der Waals surface area contributed by atoms with E-state index in [-0.39, 0.29) is 6.42 Å². The van der Waals surface area contributed by atoms with E-state index in [2.05, 4.69) is 0 Å². The average Bonchev–Trinajstić information content (AvgIpc) is 2.11. The lowest BCUT2D eigenvalue weighted by molar-refractivity contribution is -0.167. The maximum Gasteiger partial charge on any atom is 0.353 e. The normalized spacial score (nSPS) is 11.3. The lowest BCUT2D eigenvalue weighted by atomic mass is 9.98. The van der Waals surface area contributed by atoms with Gasteiger partial charge in [0.05, 0.1) is 0 Å². The highest BCUT2D eigenvalue weighted by Crippen LogP contribution is 2.21. The van der Waals surface area contributed by atoms with E-state index in [0.29, 0.717) is 6.42 Å². The van der Waals surface area contributed by atoms with Gasteiger partial charge in [-0.3, -0.25) is 0 Å². The largest absolute Gasteiger partial charge is 0.478 e. The number of hydrogen-bond donors (Lipinski definition) is 2. The molecule has 0 fully saturated rings. The molecule has 0 aromatic heterocycles. The molecule has 0 heterocycles. The minimum Gasteiger partial charge on any atom is -0.478 e. The molecule has 0 unspecified atom stereocenters. The van der Waals surface area contributed by atoms with Gasteiger partial charge in [0.1, 0.15) is 0 Å². The van der Waals surface area contributed by atoms with Crippen molar-refractivity contribution in [1.82, 2.24) is 0 Å². The molecule has 0 saturated carbocycles. The van der Waals surface area contributed by atoms with Crippen LogP contribution in [0.25, 0.3) is 0 Å². The second kappa shape index (κ2) is 5.57. The van der Waals surface area contributed by atoms with Gasteiger partial charge in [-0.1, -0.05) is 26.2 Å². The summed E-state index contributed by atoms with van der Waals surface area (Å²) in [5.74, 6) is -3.83. The third kappa shape index (κ3) is 3.32. The SMILES string of the molecule is CCCCCCC(F)(C(=O)O)C(=O)O. The topological polar surface area (TPSA) is 74.6 Å². The summed E-state index contributed by atoms with van der Waals surface area (Å²) in [6.07, 6.45) is 2.26. The fraction of sp³-hybridized carbons (Fsp3) is 0.778. The van der Waals surface area contributed by atoms with Gasteiger partial charge in [-0.2, -0.15) is 0 Å². The first-order valence-electron chi connectivity index (χ1n) is 4.61. The molecule has 0 saturated heterocycles. The molecule has 0 aromatic carbocycles. The molecule has 0 aliphatic rings. The van der Waals surface area contributed by atoms with Crippen molar-refractivity contribution in [1.29, 1.82) is 0 Å². The van der Waals surface area contributed by atoms with Crippen LogP contribution < -0.4 is 0 Å². The van der Waals surface area contributed by atoms with Crippen molar-refractivity contribution in [3.63, 3.8) is 0 Å². The van der Waals surface area contributed by atoms with Crippen LogP contribution in [0.3, 0.4) is 0 Å². The molecule has 0 aliphatic carbocycles. The van der Waals surface area contributed by atoms with E-state index < -0.39 is 24.0 Å². The molecule has 0 bridgehead atoms. The van der Waals surface area contributed by atoms with E-state index in [0.717, 1.165) is 12.8 Å². The average molecular weight is 206 g/mol. The maximum absolute atomic E-state index is 13.3. The molecule has 0 radical (unpaired) electrons. The zero-order chi connectivity index (χ0) is 11.2. The van der Waals surface area contributed by atoms with Gasteiger partial charge < -0.3 is 10.2 Å². The van der Waals surface area contributed by atoms with Crippen molar-refractivity contribution >= 4 is 11.9 Å². The molecule has 5 heteroatoms. The number of carboxylic acid groups (broad SMARTS) is 2. The summed E-state index contributed by atoms with van der Waals surface area (Å²) >= 11 is 0. The molecule has 82 valence electrons. The first-order valence-corrected chi connectivity index (χ1v) is 4.61. The van der Waals surface area contributed by atoms with Gasteiger partial charge >= 0.3 is 17.6 Å². The molecule has 2 N–H and O–H groups in total. The Morgan fingerprint density at radius 3 is 2.00 bits per heavy atom. The standard InChI is InChI=1S/C9H15FO4/c1-2-3-4-5-6-9(10,7(11)12)8(13)14/h2-6H2,1H3,(H,11,12)(H,13,14). The molecule has 0 spiro atoms. The summed E-state index contributed by atoms with van der Waals surface area (Å²) in [6.45, 7) is 1.96. The van der Waals surface area contributed by atoms with E-state index in [4.69, 9.17) is 10.2 Å². The first-order chi connectivity index (χ1) is 6.45. The van der Waals surface area contributed by atoms with Crippen molar-refractivity contribution in [3.05, 3.63) is 0 Å². The van der Waals surface area contributed by atoms with Gasteiger partial charge in [-0.05, 0) is 6.42 Å². The number of halogens is 1. The highest BCUT2D eigenvalue weighted by Gasteiger charge is 2.46. The Labute approximate surface area is 81.7 Å². The number of unbranched alkanes of at least 4 members (excludes halogenated alkanes) is 3. The summed E-state index contributed by atoms with van der Waals surface area (Å²) in [5, 5.41) is 16.8. The van der Waals surface area contributed by atoms with E-state index in [1.807, 2.05) is 6.92 Å². The lowest BCUT2D eigenvalue weighted by Gasteiger charge is -2.14. The van der Waals surface area contributed by atoms with Gasteiger partial charge in [-0.25, -0.2) is 14.0 Å². The highest BCUT2D eigenvalue weighted by atomic mass is 19.1. The lowest BCUT2D eigenvalue weighted by Crippen LogP contribution is -2.42. The Hall–Kier alpha value is -1.13. The van der Waals surface area contributed by atoms with Crippen molar-refractivity contribution in [3.8, 4) is 0 Å². The number of aliphatic carboxylic acids is 2. The Bertz CT molecular complexity index is 201. The molecule has 0 amide bonds. The van der Waals surface area contributed by atoms with Crippen LogP contribution in [0.4, 0.5) is 4.39 Å². The molecular weight excluding hydrogens is 191 g/mol. The number of alkyl halides is 1. The summed E-state index contributed by atoms with van der Waals surface area (Å²) in [7, 11) is 0. The molecule has 0 aromatic rings. The summed E-state index contributed by atoms with van der Waals surface area (Å²) < 4.78 is 13.3. The molecule has 0 aliphatic heterocycles. The van der Waals surface area contributed by atoms with E-state index in [9.17, 15) is 14.0 Å². The molecule has 0 atom stereocenters. The minimum absolute atomic E-state index is 0.281. The van der Waals surface area contributed by atoms with Crippen LogP contribution in [0.2, 0.25) is 0 Å². The fourth-order valence-corrected chi connectivity index (χ4v) is 1.10. The number of carboxylic acids is 2.